The van der Waals surface area contributed by atoms with Crippen molar-refractivity contribution >= 4 is 11.8 Å². The third kappa shape index (κ3) is 4.23. The lowest BCUT2D eigenvalue weighted by Gasteiger charge is -2.32. The maximum absolute atomic E-state index is 10.5. The Morgan fingerprint density at radius 3 is 2.42 bits per heavy atom. The van der Waals surface area contributed by atoms with Crippen molar-refractivity contribution in [3.05, 3.63) is 35.9 Å². The summed E-state index contributed by atoms with van der Waals surface area (Å²) in [5, 5.41) is 14.9. The van der Waals surface area contributed by atoms with E-state index in [1.54, 1.807) is 0 Å². The number of benzene rings is 1. The minimum atomic E-state index is -0.780. The Morgan fingerprint density at radius 1 is 1.21 bits per heavy atom. The molecule has 1 fully saturated rings. The summed E-state index contributed by atoms with van der Waals surface area (Å²) in [7, 11) is 0. The van der Waals surface area contributed by atoms with Crippen molar-refractivity contribution in [1.82, 2.24) is 5.32 Å². The molecule has 3 heteroatoms. The highest BCUT2D eigenvalue weighted by molar-refractivity contribution is 7.99. The minimum absolute atomic E-state index is 0.568. The number of aliphatic hydroxyl groups is 1. The fourth-order valence-electron chi connectivity index (χ4n) is 2.74. The summed E-state index contributed by atoms with van der Waals surface area (Å²) < 4.78 is 0. The number of nitrogens with one attached hydrogen (secondary N) is 1. The van der Waals surface area contributed by atoms with Crippen molar-refractivity contribution in [1.29, 1.82) is 0 Å². The van der Waals surface area contributed by atoms with E-state index >= 15 is 0 Å². The fraction of sp³-hybridized carbons (Fsp3) is 0.625. The van der Waals surface area contributed by atoms with Gasteiger partial charge in [0.15, 0.2) is 0 Å². The second-order valence-corrected chi connectivity index (χ2v) is 6.87. The standard InChI is InChI=1S/C16H25NOS/c1-16(18,13-6-4-3-5-7-13)12-17-14-8-10-15(19-2)11-9-14/h3-7,14-15,17-18H,8-12H2,1-2H3. The highest BCUT2D eigenvalue weighted by Crippen LogP contribution is 2.27. The molecule has 19 heavy (non-hydrogen) atoms. The average molecular weight is 279 g/mol. The largest absolute Gasteiger partial charge is 0.384 e. The third-order valence-electron chi connectivity index (χ3n) is 4.14. The lowest BCUT2D eigenvalue weighted by Crippen LogP contribution is -2.42. The second-order valence-electron chi connectivity index (χ2n) is 5.73. The van der Waals surface area contributed by atoms with Gasteiger partial charge in [0.05, 0.1) is 5.60 Å². The van der Waals surface area contributed by atoms with Crippen LogP contribution in [0.4, 0.5) is 0 Å². The van der Waals surface area contributed by atoms with Crippen LogP contribution >= 0.6 is 11.8 Å². The monoisotopic (exact) mass is 279 g/mol. The van der Waals surface area contributed by atoms with Crippen LogP contribution < -0.4 is 5.32 Å². The fourth-order valence-corrected chi connectivity index (χ4v) is 3.49. The van der Waals surface area contributed by atoms with E-state index in [9.17, 15) is 5.11 Å². The molecule has 0 aliphatic heterocycles. The van der Waals surface area contributed by atoms with E-state index in [1.165, 1.54) is 25.7 Å². The Morgan fingerprint density at radius 2 is 1.84 bits per heavy atom. The van der Waals surface area contributed by atoms with Crippen molar-refractivity contribution in [2.24, 2.45) is 0 Å². The Hall–Kier alpha value is -0.510. The molecule has 1 aliphatic rings. The first kappa shape index (κ1) is 14.9. The summed E-state index contributed by atoms with van der Waals surface area (Å²) in [5.74, 6) is 0. The SMILES string of the molecule is CSC1CCC(NCC(C)(O)c2ccccc2)CC1. The van der Waals surface area contributed by atoms with E-state index < -0.39 is 5.60 Å². The molecule has 1 atom stereocenters. The lowest BCUT2D eigenvalue weighted by molar-refractivity contribution is 0.0523. The second kappa shape index (κ2) is 6.78. The van der Waals surface area contributed by atoms with Crippen LogP contribution in [0.1, 0.15) is 38.2 Å². The molecule has 2 N–H and O–H groups in total. The zero-order valence-corrected chi connectivity index (χ0v) is 12.7. The average Bonchev–Trinajstić information content (AvgIpc) is 2.47. The Balaban J connectivity index is 1.82. The molecule has 0 saturated heterocycles. The van der Waals surface area contributed by atoms with Gasteiger partial charge in [0.1, 0.15) is 0 Å². The highest BCUT2D eigenvalue weighted by atomic mass is 32.2. The predicted octanol–water partition coefficient (Wildman–Crippen LogP) is 3.16. The summed E-state index contributed by atoms with van der Waals surface area (Å²) in [6, 6.07) is 10.5. The number of rotatable bonds is 5. The van der Waals surface area contributed by atoms with E-state index in [-0.39, 0.29) is 0 Å². The predicted molar refractivity (Wildman–Crippen MR) is 83.6 cm³/mol. The Labute approximate surface area is 121 Å². The summed E-state index contributed by atoms with van der Waals surface area (Å²) in [4.78, 5) is 0. The summed E-state index contributed by atoms with van der Waals surface area (Å²) in [5.41, 5.74) is 0.206. The van der Waals surface area contributed by atoms with E-state index in [0.717, 1.165) is 10.8 Å². The zero-order valence-electron chi connectivity index (χ0n) is 11.9. The number of hydrogen-bond donors (Lipinski definition) is 2. The van der Waals surface area contributed by atoms with E-state index in [0.29, 0.717) is 12.6 Å². The van der Waals surface area contributed by atoms with Crippen molar-refractivity contribution < 1.29 is 5.11 Å². The molecule has 1 aromatic rings. The van der Waals surface area contributed by atoms with Gasteiger partial charge in [-0.1, -0.05) is 30.3 Å². The van der Waals surface area contributed by atoms with Gasteiger partial charge in [-0.15, -0.1) is 0 Å². The van der Waals surface area contributed by atoms with Gasteiger partial charge in [-0.2, -0.15) is 11.8 Å². The van der Waals surface area contributed by atoms with Crippen molar-refractivity contribution in [3.8, 4) is 0 Å². The molecular weight excluding hydrogens is 254 g/mol. The molecule has 0 bridgehead atoms. The minimum Gasteiger partial charge on any atom is -0.384 e. The van der Waals surface area contributed by atoms with Crippen molar-refractivity contribution in [2.75, 3.05) is 12.8 Å². The molecule has 1 unspecified atom stereocenters. The molecule has 1 aliphatic carbocycles. The number of hydrogen-bond acceptors (Lipinski definition) is 3. The first-order valence-electron chi connectivity index (χ1n) is 7.16. The molecular formula is C16H25NOS. The van der Waals surface area contributed by atoms with Crippen LogP contribution in [0.2, 0.25) is 0 Å². The van der Waals surface area contributed by atoms with Crippen LogP contribution in [0, 0.1) is 0 Å². The highest BCUT2D eigenvalue weighted by Gasteiger charge is 2.26. The summed E-state index contributed by atoms with van der Waals surface area (Å²) in [6.07, 6.45) is 7.27. The zero-order chi connectivity index (χ0) is 13.7. The lowest BCUT2D eigenvalue weighted by atomic mass is 9.92. The van der Waals surface area contributed by atoms with E-state index in [1.807, 2.05) is 49.0 Å². The van der Waals surface area contributed by atoms with Gasteiger partial charge in [-0.3, -0.25) is 0 Å². The molecule has 2 nitrogen and oxygen atoms in total. The molecule has 0 amide bonds. The van der Waals surface area contributed by atoms with Gasteiger partial charge < -0.3 is 10.4 Å². The molecule has 106 valence electrons. The molecule has 0 aromatic heterocycles. The smallest absolute Gasteiger partial charge is 0.0992 e. The molecule has 0 heterocycles. The Kier molecular flexibility index (Phi) is 5.31. The summed E-state index contributed by atoms with van der Waals surface area (Å²) >= 11 is 1.99. The maximum Gasteiger partial charge on any atom is 0.0992 e. The molecule has 1 aromatic carbocycles. The van der Waals surface area contributed by atoms with Crippen LogP contribution in [-0.2, 0) is 5.60 Å². The molecule has 2 rings (SSSR count). The van der Waals surface area contributed by atoms with Crippen molar-refractivity contribution in [3.63, 3.8) is 0 Å². The third-order valence-corrected chi connectivity index (χ3v) is 5.28. The van der Waals surface area contributed by atoms with E-state index in [4.69, 9.17) is 0 Å². The molecule has 0 spiro atoms. The van der Waals surface area contributed by atoms with Gasteiger partial charge >= 0.3 is 0 Å². The Bertz CT molecular complexity index is 372. The first-order chi connectivity index (χ1) is 9.12. The quantitative estimate of drug-likeness (QED) is 0.868. The van der Waals surface area contributed by atoms with Gasteiger partial charge in [0.25, 0.3) is 0 Å². The van der Waals surface area contributed by atoms with Crippen LogP contribution in [0.3, 0.4) is 0 Å². The first-order valence-corrected chi connectivity index (χ1v) is 8.44. The molecule has 1 saturated carbocycles. The van der Waals surface area contributed by atoms with Crippen LogP contribution in [-0.4, -0.2) is 29.2 Å². The van der Waals surface area contributed by atoms with Crippen LogP contribution in [0.25, 0.3) is 0 Å². The van der Waals surface area contributed by atoms with Gasteiger partial charge in [-0.25, -0.2) is 0 Å². The van der Waals surface area contributed by atoms with Crippen LogP contribution in [0.15, 0.2) is 30.3 Å². The van der Waals surface area contributed by atoms with Gasteiger partial charge in [0.2, 0.25) is 0 Å². The molecule has 0 radical (unpaired) electrons. The van der Waals surface area contributed by atoms with E-state index in [2.05, 4.69) is 11.6 Å². The normalized spacial score (nSPS) is 26.9. The topological polar surface area (TPSA) is 32.3 Å². The van der Waals surface area contributed by atoms with Crippen molar-refractivity contribution in [2.45, 2.75) is 49.5 Å². The number of thioether (sulfide) groups is 1. The summed E-state index contributed by atoms with van der Waals surface area (Å²) in [6.45, 7) is 2.52. The van der Waals surface area contributed by atoms with Crippen LogP contribution in [0.5, 0.6) is 0 Å². The maximum atomic E-state index is 10.5. The van der Waals surface area contributed by atoms with Gasteiger partial charge in [0, 0.05) is 17.8 Å². The van der Waals surface area contributed by atoms with Gasteiger partial charge in [-0.05, 0) is 44.4 Å².